The van der Waals surface area contributed by atoms with Gasteiger partial charge in [-0.05, 0) is 31.0 Å². The minimum atomic E-state index is -0.936. The summed E-state index contributed by atoms with van der Waals surface area (Å²) in [5.74, 6) is 0. The summed E-state index contributed by atoms with van der Waals surface area (Å²) in [7, 11) is -0.936. The smallest absolute Gasteiger partial charge is 0.0621 e. The second-order valence-corrected chi connectivity index (χ2v) is 6.86. The lowest BCUT2D eigenvalue weighted by Crippen LogP contribution is -2.19. The lowest BCUT2D eigenvalue weighted by Gasteiger charge is -2.21. The molecule has 1 saturated carbocycles. The maximum Gasteiger partial charge on any atom is 0.0621 e. The van der Waals surface area contributed by atoms with Gasteiger partial charge < -0.3 is 5.73 Å². The number of anilines is 1. The molecule has 0 radical (unpaired) electrons. The van der Waals surface area contributed by atoms with Gasteiger partial charge in [-0.1, -0.05) is 35.2 Å². The van der Waals surface area contributed by atoms with Crippen molar-refractivity contribution in [1.82, 2.24) is 0 Å². The van der Waals surface area contributed by atoms with Crippen molar-refractivity contribution in [3.63, 3.8) is 0 Å². The standard InChI is InChI=1S/C12H16BrNOS/c13-9-6-7-12(11(14)8-9)16(15)10-4-2-1-3-5-10/h6-8,10H,1-5,14H2. The maximum atomic E-state index is 12.3. The highest BCUT2D eigenvalue weighted by atomic mass is 79.9. The number of benzene rings is 1. The number of nitrogen functional groups attached to an aromatic ring is 1. The molecular weight excluding hydrogens is 286 g/mol. The zero-order valence-electron chi connectivity index (χ0n) is 9.12. The van der Waals surface area contributed by atoms with E-state index >= 15 is 0 Å². The van der Waals surface area contributed by atoms with Crippen LogP contribution < -0.4 is 5.73 Å². The Morgan fingerprint density at radius 1 is 1.25 bits per heavy atom. The second-order valence-electron chi connectivity index (χ2n) is 4.24. The van der Waals surface area contributed by atoms with Crippen molar-refractivity contribution in [2.24, 2.45) is 0 Å². The molecule has 1 aromatic rings. The van der Waals surface area contributed by atoms with Crippen LogP contribution in [-0.4, -0.2) is 9.46 Å². The first-order valence-corrected chi connectivity index (χ1v) is 7.64. The predicted octanol–water partition coefficient (Wildman–Crippen LogP) is 3.47. The summed E-state index contributed by atoms with van der Waals surface area (Å²) in [6.45, 7) is 0. The molecule has 2 N–H and O–H groups in total. The van der Waals surface area contributed by atoms with Gasteiger partial charge in [-0.25, -0.2) is 0 Å². The van der Waals surface area contributed by atoms with Crippen LogP contribution in [0.2, 0.25) is 0 Å². The Bertz CT molecular complexity index is 402. The minimum absolute atomic E-state index is 0.303. The fourth-order valence-corrected chi connectivity index (χ4v) is 4.15. The third-order valence-electron chi connectivity index (χ3n) is 3.04. The van der Waals surface area contributed by atoms with Crippen LogP contribution in [0.5, 0.6) is 0 Å². The molecule has 0 saturated heterocycles. The molecule has 88 valence electrons. The van der Waals surface area contributed by atoms with Crippen LogP contribution in [0.3, 0.4) is 0 Å². The fourth-order valence-electron chi connectivity index (χ4n) is 2.16. The lowest BCUT2D eigenvalue weighted by molar-refractivity contribution is 0.504. The molecular formula is C12H16BrNOS. The van der Waals surface area contributed by atoms with E-state index in [1.807, 2.05) is 18.2 Å². The van der Waals surface area contributed by atoms with Gasteiger partial charge in [-0.2, -0.15) is 0 Å². The monoisotopic (exact) mass is 301 g/mol. The first kappa shape index (κ1) is 12.1. The van der Waals surface area contributed by atoms with Gasteiger partial charge in [0.05, 0.1) is 15.7 Å². The molecule has 1 unspecified atom stereocenters. The van der Waals surface area contributed by atoms with Crippen LogP contribution in [-0.2, 0) is 10.8 Å². The van der Waals surface area contributed by atoms with E-state index in [1.165, 1.54) is 19.3 Å². The van der Waals surface area contributed by atoms with Crippen LogP contribution in [0.25, 0.3) is 0 Å². The summed E-state index contributed by atoms with van der Waals surface area (Å²) in [4.78, 5) is 0.801. The molecule has 1 fully saturated rings. The molecule has 1 aliphatic rings. The topological polar surface area (TPSA) is 43.1 Å². The van der Waals surface area contributed by atoms with Crippen LogP contribution in [0.1, 0.15) is 32.1 Å². The third kappa shape index (κ3) is 2.66. The first-order chi connectivity index (χ1) is 7.68. The first-order valence-electron chi connectivity index (χ1n) is 5.64. The molecule has 0 amide bonds. The largest absolute Gasteiger partial charge is 0.398 e. The van der Waals surface area contributed by atoms with Gasteiger partial charge in [0.1, 0.15) is 0 Å². The number of nitrogens with two attached hydrogens (primary N) is 1. The molecule has 0 bridgehead atoms. The van der Waals surface area contributed by atoms with Gasteiger partial charge in [0.25, 0.3) is 0 Å². The number of halogens is 1. The molecule has 4 heteroatoms. The van der Waals surface area contributed by atoms with E-state index in [4.69, 9.17) is 5.73 Å². The van der Waals surface area contributed by atoms with Crippen LogP contribution in [0.15, 0.2) is 27.6 Å². The molecule has 1 aromatic carbocycles. The quantitative estimate of drug-likeness (QED) is 0.850. The van der Waals surface area contributed by atoms with Crippen molar-refractivity contribution >= 4 is 32.4 Å². The SMILES string of the molecule is Nc1cc(Br)ccc1S(=O)C1CCCCC1. The molecule has 1 aliphatic carbocycles. The Labute approximate surface area is 107 Å². The number of rotatable bonds is 2. The lowest BCUT2D eigenvalue weighted by atomic mass is 10.0. The summed E-state index contributed by atoms with van der Waals surface area (Å²) in [5.41, 5.74) is 6.54. The fraction of sp³-hybridized carbons (Fsp3) is 0.500. The molecule has 0 heterocycles. The average molecular weight is 302 g/mol. The molecule has 2 rings (SSSR count). The highest BCUT2D eigenvalue weighted by Gasteiger charge is 2.22. The molecule has 0 aromatic heterocycles. The van der Waals surface area contributed by atoms with E-state index in [0.29, 0.717) is 10.9 Å². The molecule has 1 atom stereocenters. The van der Waals surface area contributed by atoms with Crippen molar-refractivity contribution in [1.29, 1.82) is 0 Å². The molecule has 2 nitrogen and oxygen atoms in total. The van der Waals surface area contributed by atoms with E-state index in [0.717, 1.165) is 22.2 Å². The van der Waals surface area contributed by atoms with E-state index in [-0.39, 0.29) is 0 Å². The van der Waals surface area contributed by atoms with Gasteiger partial charge in [0.2, 0.25) is 0 Å². The molecule has 0 aliphatic heterocycles. The Morgan fingerprint density at radius 3 is 2.56 bits per heavy atom. The Balaban J connectivity index is 2.19. The van der Waals surface area contributed by atoms with Crippen molar-refractivity contribution < 1.29 is 4.21 Å². The Kier molecular flexibility index (Phi) is 4.03. The third-order valence-corrected chi connectivity index (χ3v) is 5.42. The summed E-state index contributed by atoms with van der Waals surface area (Å²) >= 11 is 3.36. The molecule has 0 spiro atoms. The average Bonchev–Trinajstić information content (AvgIpc) is 2.29. The van der Waals surface area contributed by atoms with Gasteiger partial charge in [0.15, 0.2) is 0 Å². The summed E-state index contributed by atoms with van der Waals surface area (Å²) in [6, 6.07) is 5.62. The second kappa shape index (κ2) is 5.32. The van der Waals surface area contributed by atoms with E-state index in [2.05, 4.69) is 15.9 Å². The normalized spacial score (nSPS) is 19.6. The van der Waals surface area contributed by atoms with Crippen molar-refractivity contribution in [2.75, 3.05) is 5.73 Å². The van der Waals surface area contributed by atoms with Gasteiger partial charge in [-0.15, -0.1) is 0 Å². The van der Waals surface area contributed by atoms with Crippen LogP contribution >= 0.6 is 15.9 Å². The molecule has 16 heavy (non-hydrogen) atoms. The van der Waals surface area contributed by atoms with Crippen molar-refractivity contribution in [3.8, 4) is 0 Å². The van der Waals surface area contributed by atoms with E-state index in [1.54, 1.807) is 0 Å². The number of hydrogen-bond acceptors (Lipinski definition) is 2. The summed E-state index contributed by atoms with van der Waals surface area (Å²) < 4.78 is 13.3. The summed E-state index contributed by atoms with van der Waals surface area (Å²) in [6.07, 6.45) is 5.83. The van der Waals surface area contributed by atoms with Crippen LogP contribution in [0, 0.1) is 0 Å². The highest BCUT2D eigenvalue weighted by molar-refractivity contribution is 9.10. The van der Waals surface area contributed by atoms with Crippen molar-refractivity contribution in [3.05, 3.63) is 22.7 Å². The van der Waals surface area contributed by atoms with Gasteiger partial charge in [-0.3, -0.25) is 4.21 Å². The minimum Gasteiger partial charge on any atom is -0.398 e. The van der Waals surface area contributed by atoms with Crippen molar-refractivity contribution in [2.45, 2.75) is 42.2 Å². The zero-order valence-corrected chi connectivity index (χ0v) is 11.5. The Hall–Kier alpha value is -0.350. The highest BCUT2D eigenvalue weighted by Crippen LogP contribution is 2.29. The number of hydrogen-bond donors (Lipinski definition) is 1. The summed E-state index contributed by atoms with van der Waals surface area (Å²) in [5, 5.41) is 0.303. The van der Waals surface area contributed by atoms with E-state index < -0.39 is 10.8 Å². The zero-order chi connectivity index (χ0) is 11.5. The van der Waals surface area contributed by atoms with Gasteiger partial charge in [0, 0.05) is 15.4 Å². The predicted molar refractivity (Wildman–Crippen MR) is 71.8 cm³/mol. The maximum absolute atomic E-state index is 12.3. The van der Waals surface area contributed by atoms with Crippen LogP contribution in [0.4, 0.5) is 5.69 Å². The van der Waals surface area contributed by atoms with E-state index in [9.17, 15) is 4.21 Å². The van der Waals surface area contributed by atoms with Gasteiger partial charge >= 0.3 is 0 Å². The Morgan fingerprint density at radius 2 is 1.94 bits per heavy atom.